The molecule has 0 fully saturated rings. The molecule has 0 aromatic heterocycles. The summed E-state index contributed by atoms with van der Waals surface area (Å²) in [6.45, 7) is 10.9. The molecule has 0 saturated carbocycles. The minimum absolute atomic E-state index is 0.437. The van der Waals surface area contributed by atoms with E-state index in [2.05, 4.69) is 57.7 Å². The minimum Gasteiger partial charge on any atom is -0.357 e. The lowest BCUT2D eigenvalue weighted by molar-refractivity contribution is 0.298. The van der Waals surface area contributed by atoms with E-state index in [0.717, 1.165) is 4.99 Å². The molecular weight excluding hydrogens is 214 g/mol. The average molecular weight is 235 g/mol. The summed E-state index contributed by atoms with van der Waals surface area (Å²) in [5, 5.41) is 0. The summed E-state index contributed by atoms with van der Waals surface area (Å²) in [7, 11) is 0. The van der Waals surface area contributed by atoms with Crippen LogP contribution < -0.4 is 0 Å². The standard InChI is InChI=1S/C14H21NS/c1-10(2)15(11(3)4)14(16)13-9-7-6-8-12(13)5/h6-11H,1-5H3. The Bertz CT molecular complexity index is 361. The molecule has 0 atom stereocenters. The van der Waals surface area contributed by atoms with Crippen LogP contribution in [0.15, 0.2) is 24.3 Å². The second-order valence-corrected chi connectivity index (χ2v) is 5.10. The van der Waals surface area contributed by atoms with Gasteiger partial charge in [-0.3, -0.25) is 0 Å². The van der Waals surface area contributed by atoms with Crippen molar-refractivity contribution in [2.75, 3.05) is 0 Å². The number of aryl methyl sites for hydroxylation is 1. The summed E-state index contributed by atoms with van der Waals surface area (Å²) in [6.07, 6.45) is 0. The van der Waals surface area contributed by atoms with Crippen LogP contribution in [0.2, 0.25) is 0 Å². The van der Waals surface area contributed by atoms with E-state index >= 15 is 0 Å². The highest BCUT2D eigenvalue weighted by Crippen LogP contribution is 2.16. The third-order valence-electron chi connectivity index (χ3n) is 2.72. The monoisotopic (exact) mass is 235 g/mol. The van der Waals surface area contributed by atoms with Crippen LogP contribution in [0.5, 0.6) is 0 Å². The van der Waals surface area contributed by atoms with E-state index in [1.807, 2.05) is 6.07 Å². The molecule has 0 heterocycles. The van der Waals surface area contributed by atoms with Crippen LogP contribution in [0.1, 0.15) is 38.8 Å². The van der Waals surface area contributed by atoms with Gasteiger partial charge in [0.1, 0.15) is 4.99 Å². The van der Waals surface area contributed by atoms with Crippen LogP contribution in [-0.2, 0) is 0 Å². The van der Waals surface area contributed by atoms with Gasteiger partial charge in [0, 0.05) is 17.6 Å². The molecule has 1 rings (SSSR count). The van der Waals surface area contributed by atoms with Gasteiger partial charge in [0.25, 0.3) is 0 Å². The van der Waals surface area contributed by atoms with Gasteiger partial charge in [-0.2, -0.15) is 0 Å². The van der Waals surface area contributed by atoms with E-state index in [-0.39, 0.29) is 0 Å². The maximum Gasteiger partial charge on any atom is 0.109 e. The van der Waals surface area contributed by atoms with Crippen molar-refractivity contribution in [2.45, 2.75) is 46.7 Å². The lowest BCUT2D eigenvalue weighted by Gasteiger charge is -2.33. The van der Waals surface area contributed by atoms with Gasteiger partial charge < -0.3 is 4.90 Å². The predicted molar refractivity (Wildman–Crippen MR) is 75.0 cm³/mol. The largest absolute Gasteiger partial charge is 0.357 e. The Balaban J connectivity index is 3.05. The number of rotatable bonds is 3. The Morgan fingerprint density at radius 2 is 1.56 bits per heavy atom. The highest BCUT2D eigenvalue weighted by atomic mass is 32.1. The second-order valence-electron chi connectivity index (χ2n) is 4.71. The van der Waals surface area contributed by atoms with E-state index < -0.39 is 0 Å². The molecular formula is C14H21NS. The number of thiocarbonyl (C=S) groups is 1. The van der Waals surface area contributed by atoms with E-state index in [0.29, 0.717) is 12.1 Å². The van der Waals surface area contributed by atoms with Gasteiger partial charge in [-0.15, -0.1) is 0 Å². The van der Waals surface area contributed by atoms with Gasteiger partial charge in [0.2, 0.25) is 0 Å². The number of benzene rings is 1. The molecule has 1 aromatic rings. The van der Waals surface area contributed by atoms with Crippen LogP contribution in [0, 0.1) is 6.92 Å². The summed E-state index contributed by atoms with van der Waals surface area (Å²) in [5.74, 6) is 0. The highest BCUT2D eigenvalue weighted by molar-refractivity contribution is 7.80. The first-order chi connectivity index (χ1) is 7.45. The Labute approximate surface area is 104 Å². The summed E-state index contributed by atoms with van der Waals surface area (Å²) < 4.78 is 0. The zero-order valence-electron chi connectivity index (χ0n) is 10.8. The number of hydrogen-bond acceptors (Lipinski definition) is 1. The fourth-order valence-electron chi connectivity index (χ4n) is 2.02. The second kappa shape index (κ2) is 5.44. The van der Waals surface area contributed by atoms with Gasteiger partial charge in [0.15, 0.2) is 0 Å². The van der Waals surface area contributed by atoms with Gasteiger partial charge in [-0.05, 0) is 40.2 Å². The van der Waals surface area contributed by atoms with E-state index in [1.54, 1.807) is 0 Å². The molecule has 16 heavy (non-hydrogen) atoms. The maximum absolute atomic E-state index is 5.61. The van der Waals surface area contributed by atoms with Crippen molar-refractivity contribution in [1.82, 2.24) is 4.90 Å². The van der Waals surface area contributed by atoms with Crippen molar-refractivity contribution in [3.05, 3.63) is 35.4 Å². The van der Waals surface area contributed by atoms with Crippen molar-refractivity contribution in [3.8, 4) is 0 Å². The molecule has 88 valence electrons. The molecule has 0 bridgehead atoms. The first kappa shape index (κ1) is 13.2. The van der Waals surface area contributed by atoms with Gasteiger partial charge >= 0.3 is 0 Å². The summed E-state index contributed by atoms with van der Waals surface area (Å²) in [4.78, 5) is 3.25. The summed E-state index contributed by atoms with van der Waals surface area (Å²) in [5.41, 5.74) is 2.43. The quantitative estimate of drug-likeness (QED) is 0.733. The SMILES string of the molecule is Cc1ccccc1C(=S)N(C(C)C)C(C)C. The molecule has 0 aliphatic rings. The Hall–Kier alpha value is -0.890. The molecule has 0 radical (unpaired) electrons. The van der Waals surface area contributed by atoms with Crippen LogP contribution >= 0.6 is 12.2 Å². The predicted octanol–water partition coefficient (Wildman–Crippen LogP) is 3.79. The first-order valence-corrected chi connectivity index (χ1v) is 6.24. The van der Waals surface area contributed by atoms with Gasteiger partial charge in [-0.25, -0.2) is 0 Å². The molecule has 2 heteroatoms. The van der Waals surface area contributed by atoms with Crippen LogP contribution in [-0.4, -0.2) is 22.0 Å². The highest BCUT2D eigenvalue weighted by Gasteiger charge is 2.18. The Morgan fingerprint density at radius 1 is 1.06 bits per heavy atom. The smallest absolute Gasteiger partial charge is 0.109 e. The van der Waals surface area contributed by atoms with Crippen molar-refractivity contribution in [2.24, 2.45) is 0 Å². The van der Waals surface area contributed by atoms with Crippen LogP contribution in [0.3, 0.4) is 0 Å². The zero-order valence-corrected chi connectivity index (χ0v) is 11.6. The van der Waals surface area contributed by atoms with Gasteiger partial charge in [-0.1, -0.05) is 36.5 Å². The van der Waals surface area contributed by atoms with Crippen molar-refractivity contribution in [1.29, 1.82) is 0 Å². The maximum atomic E-state index is 5.61. The fraction of sp³-hybridized carbons (Fsp3) is 0.500. The van der Waals surface area contributed by atoms with Crippen LogP contribution in [0.4, 0.5) is 0 Å². The van der Waals surface area contributed by atoms with Gasteiger partial charge in [0.05, 0.1) is 0 Å². The Morgan fingerprint density at radius 3 is 2.00 bits per heavy atom. The van der Waals surface area contributed by atoms with E-state index in [9.17, 15) is 0 Å². The van der Waals surface area contributed by atoms with Crippen molar-refractivity contribution < 1.29 is 0 Å². The van der Waals surface area contributed by atoms with Crippen LogP contribution in [0.25, 0.3) is 0 Å². The first-order valence-electron chi connectivity index (χ1n) is 5.83. The average Bonchev–Trinajstić information content (AvgIpc) is 2.16. The molecule has 0 spiro atoms. The molecule has 0 saturated heterocycles. The zero-order chi connectivity index (χ0) is 12.3. The van der Waals surface area contributed by atoms with E-state index in [1.165, 1.54) is 11.1 Å². The van der Waals surface area contributed by atoms with Crippen molar-refractivity contribution in [3.63, 3.8) is 0 Å². The molecule has 0 aliphatic heterocycles. The normalized spacial score (nSPS) is 10.9. The molecule has 1 nitrogen and oxygen atoms in total. The lowest BCUT2D eigenvalue weighted by atomic mass is 10.1. The lowest BCUT2D eigenvalue weighted by Crippen LogP contribution is -2.41. The fourth-order valence-corrected chi connectivity index (χ4v) is 2.67. The van der Waals surface area contributed by atoms with E-state index in [4.69, 9.17) is 12.2 Å². The third kappa shape index (κ3) is 2.82. The molecule has 0 amide bonds. The molecule has 0 unspecified atom stereocenters. The topological polar surface area (TPSA) is 3.24 Å². The number of hydrogen-bond donors (Lipinski definition) is 0. The summed E-state index contributed by atoms with van der Waals surface area (Å²) >= 11 is 5.61. The molecule has 1 aromatic carbocycles. The number of nitrogens with zero attached hydrogens (tertiary/aromatic N) is 1. The minimum atomic E-state index is 0.437. The molecule has 0 aliphatic carbocycles. The Kier molecular flexibility index (Phi) is 4.48. The molecule has 0 N–H and O–H groups in total. The van der Waals surface area contributed by atoms with Crippen molar-refractivity contribution >= 4 is 17.2 Å². The third-order valence-corrected chi connectivity index (χ3v) is 3.15. The summed E-state index contributed by atoms with van der Waals surface area (Å²) in [6, 6.07) is 9.19.